The molecule has 178 valence electrons. The van der Waals surface area contributed by atoms with Crippen molar-refractivity contribution in [2.24, 2.45) is 0 Å². The van der Waals surface area contributed by atoms with Gasteiger partial charge in [-0.2, -0.15) is 13.2 Å². The summed E-state index contributed by atoms with van der Waals surface area (Å²) in [7, 11) is 0.256. The van der Waals surface area contributed by atoms with E-state index in [1.165, 1.54) is 12.1 Å². The van der Waals surface area contributed by atoms with E-state index < -0.39 is 39.6 Å². The van der Waals surface area contributed by atoms with Crippen molar-refractivity contribution >= 4 is 19.7 Å². The normalized spacial score (nSPS) is 13.1. The molecule has 2 unspecified atom stereocenters. The van der Waals surface area contributed by atoms with E-state index in [1.807, 2.05) is 17.3 Å². The number of sulfonamides is 1. The van der Waals surface area contributed by atoms with Gasteiger partial charge in [0, 0.05) is 0 Å². The van der Waals surface area contributed by atoms with Crippen LogP contribution in [0.1, 0.15) is 34.3 Å². The number of halogens is 4. The summed E-state index contributed by atoms with van der Waals surface area (Å²) in [6.07, 6.45) is -4.67. The van der Waals surface area contributed by atoms with Gasteiger partial charge in [0.2, 0.25) is 0 Å². The Morgan fingerprint density at radius 1 is 0.848 bits per heavy atom. The predicted molar refractivity (Wildman–Crippen MR) is 122 cm³/mol. The number of hydrogen-bond donors (Lipinski definition) is 0. The Balaban J connectivity index is 0.00000177. The first kappa shape index (κ1) is 29.3. The van der Waals surface area contributed by atoms with Gasteiger partial charge in [-0.25, -0.2) is 8.42 Å². The molecule has 33 heavy (non-hydrogen) atoms. The molecule has 0 spiro atoms. The standard InChI is InChI=1S/C22H19F3N2O2S.CH3.ClH.Ru/c23-22(24,25)19-14-8-7-13-18(19)15-30(28,29)27-21(17-11-5-2-6-12-17)20(26)16-9-3-1-4-10-16;;;/h1-14,20-21,26H,15H2;1H3;1H;/q-2;-1;;+4/p-1. The second-order valence-corrected chi connectivity index (χ2v) is 8.39. The second-order valence-electron chi connectivity index (χ2n) is 6.73. The topological polar surface area (TPSA) is 72.0 Å². The van der Waals surface area contributed by atoms with Crippen LogP contribution in [0.25, 0.3) is 10.5 Å². The summed E-state index contributed by atoms with van der Waals surface area (Å²) < 4.78 is 69.2. The Morgan fingerprint density at radius 2 is 1.30 bits per heavy atom. The van der Waals surface area contributed by atoms with Gasteiger partial charge in [-0.3, -0.25) is 0 Å². The third-order valence-electron chi connectivity index (χ3n) is 4.55. The molecule has 0 radical (unpaired) electrons. The number of nitrogens with one attached hydrogen (secondary N) is 1. The van der Waals surface area contributed by atoms with E-state index in [1.54, 1.807) is 60.7 Å². The Morgan fingerprint density at radius 3 is 1.82 bits per heavy atom. The Labute approximate surface area is 207 Å². The minimum atomic E-state index is -4.67. The largest absolute Gasteiger partial charge is 0.672 e. The number of alkyl halides is 3. The quantitative estimate of drug-likeness (QED) is 0.212. The minimum Gasteiger partial charge on any atom is -0.672 e. The van der Waals surface area contributed by atoms with Gasteiger partial charge in [0.15, 0.2) is 0 Å². The maximum Gasteiger partial charge on any atom is 0.416 e. The van der Waals surface area contributed by atoms with Crippen molar-refractivity contribution in [1.29, 1.82) is 0 Å². The molecule has 2 atom stereocenters. The Hall–Kier alpha value is -1.77. The van der Waals surface area contributed by atoms with Crippen molar-refractivity contribution in [3.63, 3.8) is 0 Å². The van der Waals surface area contributed by atoms with E-state index in [0.717, 1.165) is 12.1 Å². The van der Waals surface area contributed by atoms with Gasteiger partial charge in [-0.1, -0.05) is 90.0 Å². The van der Waals surface area contributed by atoms with E-state index in [0.29, 0.717) is 11.1 Å². The van der Waals surface area contributed by atoms with Gasteiger partial charge in [0.05, 0.1) is 21.3 Å². The molecule has 0 fully saturated rings. The first-order valence-corrected chi connectivity index (χ1v) is 13.1. The van der Waals surface area contributed by atoms with Crippen molar-refractivity contribution in [2.75, 3.05) is 0 Å². The first-order chi connectivity index (χ1) is 15.2. The summed E-state index contributed by atoms with van der Waals surface area (Å²) in [5.74, 6) is -0.895. The Kier molecular flexibility index (Phi) is 11.7. The summed E-state index contributed by atoms with van der Waals surface area (Å²) in [6, 6.07) is 19.5. The maximum absolute atomic E-state index is 13.2. The molecule has 0 saturated carbocycles. The van der Waals surface area contributed by atoms with Gasteiger partial charge in [0.25, 0.3) is 0 Å². The SMILES string of the molecule is [CH3-].[Cl][Ru+3].[NH-]C(c1ccccc1)C([N-]S(=O)(=O)Cc1ccccc1C(F)(F)F)c1ccccc1. The number of hydrogen-bond acceptors (Lipinski definition) is 2. The van der Waals surface area contributed by atoms with Crippen molar-refractivity contribution in [3.8, 4) is 0 Å². The van der Waals surface area contributed by atoms with Crippen LogP contribution < -0.4 is 0 Å². The van der Waals surface area contributed by atoms with Gasteiger partial charge < -0.3 is 17.9 Å². The number of benzene rings is 3. The molecule has 1 N–H and O–H groups in total. The zero-order chi connectivity index (χ0) is 23.8. The fraction of sp³-hybridized carbons (Fsp3) is 0.174. The molecule has 0 aliphatic rings. The molecule has 4 nitrogen and oxygen atoms in total. The summed E-state index contributed by atoms with van der Waals surface area (Å²) in [5.41, 5.74) is 8.24. The third kappa shape index (κ3) is 8.50. The molecule has 0 saturated heterocycles. The molecule has 3 aromatic rings. The van der Waals surface area contributed by atoms with Crippen LogP contribution in [0.2, 0.25) is 0 Å². The number of nitrogens with zero attached hydrogens (tertiary/aromatic N) is 1. The van der Waals surface area contributed by atoms with Crippen LogP contribution in [-0.4, -0.2) is 8.42 Å². The molecule has 3 rings (SSSR count). The van der Waals surface area contributed by atoms with E-state index >= 15 is 0 Å². The van der Waals surface area contributed by atoms with Gasteiger partial charge in [0.1, 0.15) is 0 Å². The molecule has 10 heteroatoms. The monoisotopic (exact) mass is 584 g/mol. The van der Waals surface area contributed by atoms with E-state index in [9.17, 15) is 21.6 Å². The van der Waals surface area contributed by atoms with Crippen LogP contribution in [0.15, 0.2) is 84.9 Å². The van der Waals surface area contributed by atoms with Crippen LogP contribution in [0.4, 0.5) is 13.2 Å². The van der Waals surface area contributed by atoms with E-state index in [-0.39, 0.29) is 13.0 Å². The third-order valence-corrected chi connectivity index (χ3v) is 5.77. The number of rotatable bonds is 7. The predicted octanol–water partition coefficient (Wildman–Crippen LogP) is 7.58. The average molecular weight is 584 g/mol. The van der Waals surface area contributed by atoms with Crippen molar-refractivity contribution < 1.29 is 38.9 Å². The smallest absolute Gasteiger partial charge is 0.416 e. The molecule has 0 bridgehead atoms. The molecule has 0 amide bonds. The summed E-state index contributed by atoms with van der Waals surface area (Å²) >= 11 is 1.82. The summed E-state index contributed by atoms with van der Waals surface area (Å²) in [5, 5.41) is 0. The zero-order valence-corrected chi connectivity index (χ0v) is 20.8. The van der Waals surface area contributed by atoms with Crippen LogP contribution in [0, 0.1) is 7.43 Å². The summed E-state index contributed by atoms with van der Waals surface area (Å²) in [4.78, 5) is 0. The average Bonchev–Trinajstić information content (AvgIpc) is 2.79. The van der Waals surface area contributed by atoms with Crippen LogP contribution in [-0.2, 0) is 39.3 Å². The van der Waals surface area contributed by atoms with Gasteiger partial charge in [-0.15, -0.1) is 12.1 Å². The van der Waals surface area contributed by atoms with Crippen molar-refractivity contribution in [3.05, 3.63) is 125 Å². The second kappa shape index (κ2) is 13.2. The van der Waals surface area contributed by atoms with Crippen LogP contribution in [0.3, 0.4) is 0 Å². The van der Waals surface area contributed by atoms with E-state index in [2.05, 4.69) is 14.4 Å². The fourth-order valence-corrected chi connectivity index (χ4v) is 4.45. The molecular weight excluding hydrogens is 562 g/mol. The zero-order valence-electron chi connectivity index (χ0n) is 17.5. The Bertz CT molecular complexity index is 1090. The molecule has 3 aromatic carbocycles. The molecule has 0 aliphatic heterocycles. The summed E-state index contributed by atoms with van der Waals surface area (Å²) in [6.45, 7) is 0. The van der Waals surface area contributed by atoms with Crippen LogP contribution in [0.5, 0.6) is 0 Å². The van der Waals surface area contributed by atoms with Crippen LogP contribution >= 0.6 is 9.69 Å². The fourth-order valence-electron chi connectivity index (χ4n) is 3.14. The van der Waals surface area contributed by atoms with Gasteiger partial charge >= 0.3 is 33.2 Å². The first-order valence-electron chi connectivity index (χ1n) is 9.21. The molecule has 0 aliphatic carbocycles. The minimum absolute atomic E-state index is 0. The maximum atomic E-state index is 13.2. The molecular formula is C23H22ClF3N2O2RuS. The van der Waals surface area contributed by atoms with Crippen molar-refractivity contribution in [1.82, 2.24) is 0 Å². The van der Waals surface area contributed by atoms with Crippen molar-refractivity contribution in [2.45, 2.75) is 24.0 Å². The molecule has 0 aromatic heterocycles. The molecule has 0 heterocycles. The van der Waals surface area contributed by atoms with E-state index in [4.69, 9.17) is 5.73 Å². The van der Waals surface area contributed by atoms with Gasteiger partial charge in [-0.05, 0) is 11.6 Å².